The molecule has 2 aliphatic heterocycles. The van der Waals surface area contributed by atoms with E-state index in [2.05, 4.69) is 14.9 Å². The summed E-state index contributed by atoms with van der Waals surface area (Å²) in [7, 11) is 0. The van der Waals surface area contributed by atoms with E-state index in [0.29, 0.717) is 21.3 Å². The van der Waals surface area contributed by atoms with Crippen molar-refractivity contribution in [1.82, 2.24) is 14.9 Å². The van der Waals surface area contributed by atoms with Crippen molar-refractivity contribution in [2.75, 3.05) is 25.4 Å². The van der Waals surface area contributed by atoms with Gasteiger partial charge in [0.15, 0.2) is 16.8 Å². The van der Waals surface area contributed by atoms with Crippen LogP contribution >= 0.6 is 23.4 Å². The summed E-state index contributed by atoms with van der Waals surface area (Å²) in [5.41, 5.74) is 2.69. The van der Waals surface area contributed by atoms with E-state index in [1.54, 1.807) is 12.3 Å². The maximum atomic E-state index is 12.0. The third-order valence-corrected chi connectivity index (χ3v) is 7.91. The van der Waals surface area contributed by atoms with Gasteiger partial charge >= 0.3 is 11.9 Å². The van der Waals surface area contributed by atoms with Gasteiger partial charge in [-0.2, -0.15) is 4.98 Å². The molecule has 4 heterocycles. The Kier molecular flexibility index (Phi) is 8.33. The number of thioether (sulfide) groups is 1. The summed E-state index contributed by atoms with van der Waals surface area (Å²) < 4.78 is 23.0. The van der Waals surface area contributed by atoms with Crippen LogP contribution in [0.5, 0.6) is 11.5 Å². The van der Waals surface area contributed by atoms with Gasteiger partial charge in [-0.15, -0.1) is 0 Å². The van der Waals surface area contributed by atoms with Gasteiger partial charge in [0.2, 0.25) is 5.75 Å². The molecule has 6 rings (SSSR count). The standard InChI is InChI=1S/C30H26ClN3O6S/c31-20-6-4-19(5-7-20)28(22-3-1-2-14-32-22)37-21-12-15-34(16-13-21)17-18-41-30-33-27-23(39-30)8-9-24-29(27)40-26(36)11-10-25(35)38-24/h1-11,14,21,28H,12-13,15-18H2/b11-10+. The number of hydrogen-bond donors (Lipinski definition) is 0. The Labute approximate surface area is 245 Å². The summed E-state index contributed by atoms with van der Waals surface area (Å²) in [5.74, 6) is -0.382. The number of oxazole rings is 1. The molecule has 0 amide bonds. The molecule has 1 unspecified atom stereocenters. The van der Waals surface area contributed by atoms with Gasteiger partial charge in [0.05, 0.1) is 11.8 Å². The minimum absolute atomic E-state index is 0.0745. The van der Waals surface area contributed by atoms with Gasteiger partial charge in [-0.3, -0.25) is 4.98 Å². The molecule has 0 aliphatic carbocycles. The highest BCUT2D eigenvalue weighted by molar-refractivity contribution is 7.99. The monoisotopic (exact) mass is 591 g/mol. The van der Waals surface area contributed by atoms with Crippen LogP contribution in [0.25, 0.3) is 11.1 Å². The van der Waals surface area contributed by atoms with Crippen molar-refractivity contribution in [2.45, 2.75) is 30.3 Å². The van der Waals surface area contributed by atoms with Crippen LogP contribution < -0.4 is 9.47 Å². The summed E-state index contributed by atoms with van der Waals surface area (Å²) >= 11 is 7.59. The lowest BCUT2D eigenvalue weighted by Crippen LogP contribution is -2.38. The van der Waals surface area contributed by atoms with Crippen molar-refractivity contribution in [2.24, 2.45) is 0 Å². The first kappa shape index (κ1) is 27.5. The zero-order chi connectivity index (χ0) is 28.2. The van der Waals surface area contributed by atoms with Crippen molar-refractivity contribution in [3.63, 3.8) is 0 Å². The number of fused-ring (bicyclic) bond motifs is 3. The number of likely N-dealkylation sites (tertiary alicyclic amines) is 1. The highest BCUT2D eigenvalue weighted by atomic mass is 35.5. The maximum absolute atomic E-state index is 12.0. The van der Waals surface area contributed by atoms with Gasteiger partial charge in [-0.25, -0.2) is 9.59 Å². The van der Waals surface area contributed by atoms with Crippen LogP contribution in [0.1, 0.15) is 30.2 Å². The quantitative estimate of drug-likeness (QED) is 0.146. The molecule has 210 valence electrons. The third kappa shape index (κ3) is 6.62. The maximum Gasteiger partial charge on any atom is 0.336 e. The van der Waals surface area contributed by atoms with Crippen LogP contribution in [0.15, 0.2) is 82.6 Å². The SMILES string of the molecule is O=C1/C=C/C(=O)Oc2c(ccc3oc(SCCN4CCC(OC(c5ccc(Cl)cc5)c5ccccn5)CC4)nc23)O1. The first-order chi connectivity index (χ1) is 20.0. The van der Waals surface area contributed by atoms with E-state index >= 15 is 0 Å². The second-order valence-corrected chi connectivity index (χ2v) is 11.1. The molecule has 2 aliphatic rings. The number of aromatic nitrogens is 2. The fourth-order valence-electron chi connectivity index (χ4n) is 4.80. The molecule has 11 heteroatoms. The average molecular weight is 592 g/mol. The van der Waals surface area contributed by atoms with Gasteiger partial charge in [0, 0.05) is 48.8 Å². The highest BCUT2D eigenvalue weighted by Crippen LogP contribution is 2.38. The Hall–Kier alpha value is -3.70. The smallest absolute Gasteiger partial charge is 0.336 e. The number of esters is 2. The molecule has 1 fully saturated rings. The molecule has 1 saturated heterocycles. The molecule has 2 aromatic carbocycles. The lowest BCUT2D eigenvalue weighted by molar-refractivity contribution is -0.133. The number of rotatable bonds is 8. The Bertz CT molecular complexity index is 1570. The summed E-state index contributed by atoms with van der Waals surface area (Å²) in [6.45, 7) is 2.68. The van der Waals surface area contributed by atoms with Crippen LogP contribution in [0.3, 0.4) is 0 Å². The number of nitrogens with zero attached hydrogens (tertiary/aromatic N) is 3. The van der Waals surface area contributed by atoms with Crippen LogP contribution in [0, 0.1) is 0 Å². The molecule has 9 nitrogen and oxygen atoms in total. The molecule has 1 atom stereocenters. The van der Waals surface area contributed by atoms with Crippen LogP contribution in [0.4, 0.5) is 0 Å². The van der Waals surface area contributed by atoms with E-state index in [0.717, 1.165) is 61.6 Å². The number of benzene rings is 2. The number of halogens is 1. The van der Waals surface area contributed by atoms with E-state index in [-0.39, 0.29) is 23.7 Å². The highest BCUT2D eigenvalue weighted by Gasteiger charge is 2.26. The average Bonchev–Trinajstić information content (AvgIpc) is 3.40. The van der Waals surface area contributed by atoms with Crippen molar-refractivity contribution < 1.29 is 28.2 Å². The number of carbonyl (C=O) groups is 2. The Morgan fingerprint density at radius 2 is 1.78 bits per heavy atom. The molecule has 41 heavy (non-hydrogen) atoms. The van der Waals surface area contributed by atoms with Crippen molar-refractivity contribution in [3.8, 4) is 11.5 Å². The lowest BCUT2D eigenvalue weighted by Gasteiger charge is -2.33. The van der Waals surface area contributed by atoms with Crippen LogP contribution in [-0.4, -0.2) is 58.3 Å². The third-order valence-electron chi connectivity index (χ3n) is 6.85. The van der Waals surface area contributed by atoms with E-state index in [1.807, 2.05) is 42.5 Å². The fraction of sp³-hybridized carbons (Fsp3) is 0.267. The molecule has 0 bridgehead atoms. The zero-order valence-electron chi connectivity index (χ0n) is 21.9. The second-order valence-electron chi connectivity index (χ2n) is 9.61. The van der Waals surface area contributed by atoms with Gasteiger partial charge in [0.1, 0.15) is 6.10 Å². The Morgan fingerprint density at radius 1 is 1.00 bits per heavy atom. The number of piperidine rings is 1. The largest absolute Gasteiger partial charge is 0.431 e. The van der Waals surface area contributed by atoms with Crippen molar-refractivity contribution >= 4 is 46.4 Å². The topological polar surface area (TPSA) is 104 Å². The van der Waals surface area contributed by atoms with Crippen molar-refractivity contribution in [1.29, 1.82) is 0 Å². The fourth-order valence-corrected chi connectivity index (χ4v) is 5.75. The first-order valence-corrected chi connectivity index (χ1v) is 14.6. The number of ether oxygens (including phenoxy) is 3. The molecule has 0 saturated carbocycles. The van der Waals surface area contributed by atoms with E-state index < -0.39 is 11.9 Å². The molecule has 2 aromatic heterocycles. The molecule has 4 aromatic rings. The second kappa shape index (κ2) is 12.4. The van der Waals surface area contributed by atoms with Gasteiger partial charge in [-0.05, 0) is 54.8 Å². The van der Waals surface area contributed by atoms with E-state index in [4.69, 9.17) is 30.2 Å². The number of carbonyl (C=O) groups excluding carboxylic acids is 2. The van der Waals surface area contributed by atoms with Gasteiger partial charge in [0.25, 0.3) is 5.22 Å². The van der Waals surface area contributed by atoms with Crippen LogP contribution in [-0.2, 0) is 14.3 Å². The Morgan fingerprint density at radius 3 is 2.54 bits per heavy atom. The van der Waals surface area contributed by atoms with E-state index in [1.165, 1.54) is 17.8 Å². The number of pyridine rings is 1. The summed E-state index contributed by atoms with van der Waals surface area (Å²) in [6.07, 6.45) is 5.51. The lowest BCUT2D eigenvalue weighted by atomic mass is 10.0. The molecule has 0 spiro atoms. The minimum Gasteiger partial charge on any atom is -0.431 e. The molecule has 0 N–H and O–H groups in total. The molecule has 0 radical (unpaired) electrons. The van der Waals surface area contributed by atoms with Crippen LogP contribution in [0.2, 0.25) is 5.02 Å². The van der Waals surface area contributed by atoms with E-state index in [9.17, 15) is 9.59 Å². The Balaban J connectivity index is 1.04. The minimum atomic E-state index is -0.681. The van der Waals surface area contributed by atoms with Gasteiger partial charge in [-0.1, -0.05) is 41.6 Å². The summed E-state index contributed by atoms with van der Waals surface area (Å²) in [4.78, 5) is 35.2. The van der Waals surface area contributed by atoms with Crippen molar-refractivity contribution in [3.05, 3.63) is 89.2 Å². The number of hydrogen-bond acceptors (Lipinski definition) is 10. The van der Waals surface area contributed by atoms with Gasteiger partial charge < -0.3 is 23.5 Å². The molecular formula is C30H26ClN3O6S. The summed E-state index contributed by atoms with van der Waals surface area (Å²) in [6, 6.07) is 16.8. The predicted molar refractivity (Wildman–Crippen MR) is 153 cm³/mol. The summed E-state index contributed by atoms with van der Waals surface area (Å²) in [5, 5.41) is 1.14. The zero-order valence-corrected chi connectivity index (χ0v) is 23.5. The molecular weight excluding hydrogens is 566 g/mol. The normalized spacial score (nSPS) is 17.8. The first-order valence-electron chi connectivity index (χ1n) is 13.2. The predicted octanol–water partition coefficient (Wildman–Crippen LogP) is 5.62.